The highest BCUT2D eigenvalue weighted by molar-refractivity contribution is 6.40. The second-order valence-corrected chi connectivity index (χ2v) is 13.2. The van der Waals surface area contributed by atoms with Gasteiger partial charge in [0.15, 0.2) is 0 Å². The van der Waals surface area contributed by atoms with E-state index in [2.05, 4.69) is 43.2 Å². The van der Waals surface area contributed by atoms with Crippen LogP contribution in [0.15, 0.2) is 65.5 Å². The summed E-state index contributed by atoms with van der Waals surface area (Å²) in [4.78, 5) is 13.7. The fraction of sp³-hybridized carbons (Fsp3) is 0.447. The van der Waals surface area contributed by atoms with Crippen LogP contribution in [0.25, 0.3) is 5.69 Å². The van der Waals surface area contributed by atoms with Gasteiger partial charge < -0.3 is 9.47 Å². The van der Waals surface area contributed by atoms with Crippen LogP contribution >= 0.6 is 34.8 Å². The molecule has 0 atom stereocenters. The highest BCUT2D eigenvalue weighted by Crippen LogP contribution is 2.33. The lowest BCUT2D eigenvalue weighted by molar-refractivity contribution is 0.295. The Kier molecular flexibility index (Phi) is 14.9. The van der Waals surface area contributed by atoms with Gasteiger partial charge in [-0.1, -0.05) is 137 Å². The first-order chi connectivity index (χ1) is 22.4. The summed E-state index contributed by atoms with van der Waals surface area (Å²) in [5, 5.41) is 3.97. The van der Waals surface area contributed by atoms with E-state index in [9.17, 15) is 4.79 Å². The SMILES string of the molecule is CCCCCCCCc1ccc(OCc2[nH]n(-c3c(Cl)cc(Cl)cc3Cl)c(=O)c2Oc2ccc(CCCCCCCC)cc2)cc1. The molecule has 4 aromatic rings. The maximum absolute atomic E-state index is 13.7. The van der Waals surface area contributed by atoms with Crippen molar-refractivity contribution in [1.82, 2.24) is 9.78 Å². The number of nitrogens with zero attached hydrogens (tertiary/aromatic N) is 1. The molecule has 0 amide bonds. The zero-order chi connectivity index (χ0) is 32.7. The summed E-state index contributed by atoms with van der Waals surface area (Å²) in [6, 6.07) is 19.2. The van der Waals surface area contributed by atoms with E-state index in [1.807, 2.05) is 24.3 Å². The van der Waals surface area contributed by atoms with E-state index >= 15 is 0 Å². The van der Waals surface area contributed by atoms with Crippen LogP contribution in [0, 0.1) is 0 Å². The predicted octanol–water partition coefficient (Wildman–Crippen LogP) is 12.3. The molecule has 5 nitrogen and oxygen atoms in total. The summed E-state index contributed by atoms with van der Waals surface area (Å²) in [6.45, 7) is 4.55. The van der Waals surface area contributed by atoms with Gasteiger partial charge in [-0.3, -0.25) is 9.89 Å². The second kappa shape index (κ2) is 19.1. The number of aromatic amines is 1. The van der Waals surface area contributed by atoms with E-state index in [1.165, 1.54) is 86.4 Å². The molecule has 1 N–H and O–H groups in total. The molecule has 1 aromatic heterocycles. The highest BCUT2D eigenvalue weighted by atomic mass is 35.5. The summed E-state index contributed by atoms with van der Waals surface area (Å²) < 4.78 is 13.6. The topological polar surface area (TPSA) is 56.2 Å². The number of aromatic nitrogens is 2. The number of rotatable bonds is 20. The Morgan fingerprint density at radius 2 is 1.13 bits per heavy atom. The Hall–Kier alpha value is -2.86. The Balaban J connectivity index is 1.46. The van der Waals surface area contributed by atoms with Gasteiger partial charge in [-0.15, -0.1) is 0 Å². The molecule has 0 fully saturated rings. The van der Waals surface area contributed by atoms with Gasteiger partial charge in [-0.25, -0.2) is 4.68 Å². The van der Waals surface area contributed by atoms with Crippen molar-refractivity contribution in [1.29, 1.82) is 0 Å². The van der Waals surface area contributed by atoms with Crippen molar-refractivity contribution in [2.24, 2.45) is 0 Å². The molecular formula is C38H47Cl3N2O3. The predicted molar refractivity (Wildman–Crippen MR) is 193 cm³/mol. The van der Waals surface area contributed by atoms with Crippen molar-refractivity contribution in [3.8, 4) is 22.9 Å². The van der Waals surface area contributed by atoms with E-state index < -0.39 is 5.56 Å². The van der Waals surface area contributed by atoms with Crippen LogP contribution in [0.2, 0.25) is 15.1 Å². The van der Waals surface area contributed by atoms with Crippen molar-refractivity contribution in [2.75, 3.05) is 0 Å². The molecule has 0 saturated heterocycles. The Morgan fingerprint density at radius 1 is 0.652 bits per heavy atom. The van der Waals surface area contributed by atoms with Crippen LogP contribution in [0.3, 0.4) is 0 Å². The third-order valence-corrected chi connectivity index (χ3v) is 9.01. The zero-order valence-electron chi connectivity index (χ0n) is 27.2. The Labute approximate surface area is 289 Å². The Bertz CT molecular complexity index is 1520. The van der Waals surface area contributed by atoms with Gasteiger partial charge in [0.05, 0.1) is 10.0 Å². The fourth-order valence-electron chi connectivity index (χ4n) is 5.54. The van der Waals surface area contributed by atoms with Crippen molar-refractivity contribution in [3.05, 3.63) is 103 Å². The molecule has 0 aliphatic carbocycles. The van der Waals surface area contributed by atoms with Crippen LogP contribution in [0.4, 0.5) is 0 Å². The quantitative estimate of drug-likeness (QED) is 0.0942. The molecule has 0 unspecified atom stereocenters. The average molecular weight is 686 g/mol. The molecule has 0 saturated carbocycles. The average Bonchev–Trinajstić information content (AvgIpc) is 3.34. The number of hydrogen-bond acceptors (Lipinski definition) is 3. The van der Waals surface area contributed by atoms with Crippen molar-refractivity contribution >= 4 is 34.8 Å². The van der Waals surface area contributed by atoms with Crippen LogP contribution in [-0.4, -0.2) is 9.78 Å². The van der Waals surface area contributed by atoms with E-state index in [-0.39, 0.29) is 22.4 Å². The number of unbranched alkanes of at least 4 members (excludes halogenated alkanes) is 10. The molecule has 46 heavy (non-hydrogen) atoms. The van der Waals surface area contributed by atoms with E-state index in [0.717, 1.165) is 19.3 Å². The zero-order valence-corrected chi connectivity index (χ0v) is 29.5. The van der Waals surface area contributed by atoms with Gasteiger partial charge in [0, 0.05) is 5.02 Å². The monoisotopic (exact) mass is 684 g/mol. The summed E-state index contributed by atoms with van der Waals surface area (Å²) in [5.74, 6) is 1.38. The van der Waals surface area contributed by atoms with Crippen LogP contribution in [-0.2, 0) is 19.4 Å². The van der Waals surface area contributed by atoms with Gasteiger partial charge in [0.1, 0.15) is 29.5 Å². The lowest BCUT2D eigenvalue weighted by atomic mass is 10.0. The highest BCUT2D eigenvalue weighted by Gasteiger charge is 2.22. The van der Waals surface area contributed by atoms with Crippen molar-refractivity contribution < 1.29 is 9.47 Å². The van der Waals surface area contributed by atoms with E-state index in [0.29, 0.717) is 27.9 Å². The van der Waals surface area contributed by atoms with E-state index in [1.54, 1.807) is 12.1 Å². The van der Waals surface area contributed by atoms with Gasteiger partial charge in [0.25, 0.3) is 0 Å². The molecule has 0 bridgehead atoms. The van der Waals surface area contributed by atoms with Crippen molar-refractivity contribution in [2.45, 2.75) is 110 Å². The van der Waals surface area contributed by atoms with Gasteiger partial charge in [-0.2, -0.15) is 0 Å². The van der Waals surface area contributed by atoms with Gasteiger partial charge in [-0.05, 0) is 73.2 Å². The summed E-state index contributed by atoms with van der Waals surface area (Å²) in [7, 11) is 0. The smallest absolute Gasteiger partial charge is 0.314 e. The summed E-state index contributed by atoms with van der Waals surface area (Å²) >= 11 is 19.1. The first-order valence-electron chi connectivity index (χ1n) is 16.9. The van der Waals surface area contributed by atoms with Crippen LogP contribution in [0.5, 0.6) is 17.2 Å². The largest absolute Gasteiger partial charge is 0.487 e. The molecule has 0 aliphatic rings. The molecule has 1 heterocycles. The molecule has 0 aliphatic heterocycles. The fourth-order valence-corrected chi connectivity index (χ4v) is 6.53. The number of halogens is 3. The number of benzene rings is 3. The Morgan fingerprint density at radius 3 is 1.65 bits per heavy atom. The molecule has 8 heteroatoms. The number of H-pyrrole nitrogens is 1. The lowest BCUT2D eigenvalue weighted by Gasteiger charge is -2.09. The van der Waals surface area contributed by atoms with Gasteiger partial charge >= 0.3 is 5.56 Å². The standard InChI is InChI=1S/C38H47Cl3N2O3/c1-3-5-7-9-11-13-15-28-17-21-31(22-18-28)45-27-35-37(38(44)43(42-35)36-33(40)25-30(39)26-34(36)41)46-32-23-19-29(20-24-32)16-14-12-10-8-6-4-2/h17-26,42H,3-16,27H2,1-2H3. The first kappa shape index (κ1) is 36.0. The number of aryl methyl sites for hydroxylation is 2. The second-order valence-electron chi connectivity index (χ2n) is 12.0. The first-order valence-corrected chi connectivity index (χ1v) is 18.0. The molecule has 248 valence electrons. The molecular weight excluding hydrogens is 639 g/mol. The minimum absolute atomic E-state index is 0.0767. The molecule has 3 aromatic carbocycles. The molecule has 0 spiro atoms. The summed E-state index contributed by atoms with van der Waals surface area (Å²) in [5.41, 5.74) is 2.85. The maximum atomic E-state index is 13.7. The lowest BCUT2D eigenvalue weighted by Crippen LogP contribution is -2.16. The van der Waals surface area contributed by atoms with Crippen LogP contribution < -0.4 is 15.0 Å². The van der Waals surface area contributed by atoms with Crippen molar-refractivity contribution in [3.63, 3.8) is 0 Å². The van der Waals surface area contributed by atoms with Gasteiger partial charge in [0.2, 0.25) is 5.75 Å². The van der Waals surface area contributed by atoms with E-state index in [4.69, 9.17) is 44.3 Å². The minimum Gasteiger partial charge on any atom is -0.487 e. The third kappa shape index (κ3) is 10.9. The minimum atomic E-state index is -0.435. The molecule has 0 radical (unpaired) electrons. The van der Waals surface area contributed by atoms with Crippen LogP contribution in [0.1, 0.15) is 108 Å². The molecule has 4 rings (SSSR count). The maximum Gasteiger partial charge on any atom is 0.314 e. The number of nitrogens with one attached hydrogen (secondary N) is 1. The number of ether oxygens (including phenoxy) is 2. The summed E-state index contributed by atoms with van der Waals surface area (Å²) in [6.07, 6.45) is 17.3. The third-order valence-electron chi connectivity index (χ3n) is 8.21. The normalized spacial score (nSPS) is 11.2. The number of hydrogen-bond donors (Lipinski definition) is 1.